The SMILES string of the molecule is O=C1CC2CCC(C1)N2c1ncc(Br)cc1C(F)(F)F. The van der Waals surface area contributed by atoms with Gasteiger partial charge in [0.2, 0.25) is 0 Å². The number of fused-ring (bicyclic) bond motifs is 2. The fourth-order valence-corrected chi connectivity index (χ4v) is 3.49. The Morgan fingerprint density at radius 1 is 1.25 bits per heavy atom. The summed E-state index contributed by atoms with van der Waals surface area (Å²) in [6, 6.07) is 0.769. The number of rotatable bonds is 1. The third kappa shape index (κ3) is 2.32. The number of hydrogen-bond donors (Lipinski definition) is 0. The van der Waals surface area contributed by atoms with Gasteiger partial charge in [-0.3, -0.25) is 4.79 Å². The molecule has 20 heavy (non-hydrogen) atoms. The van der Waals surface area contributed by atoms with Crippen molar-refractivity contribution in [1.82, 2.24) is 4.98 Å². The third-order valence-corrected chi connectivity index (χ3v) is 4.36. The Morgan fingerprint density at radius 3 is 2.40 bits per heavy atom. The Kier molecular flexibility index (Phi) is 3.27. The monoisotopic (exact) mass is 348 g/mol. The highest BCUT2D eigenvalue weighted by atomic mass is 79.9. The molecule has 108 valence electrons. The molecular formula is C13H12BrF3N2O. The van der Waals surface area contributed by atoms with Gasteiger partial charge in [0, 0.05) is 35.6 Å². The van der Waals surface area contributed by atoms with Crippen molar-refractivity contribution in [3.05, 3.63) is 22.3 Å². The Balaban J connectivity index is 2.05. The number of hydrogen-bond acceptors (Lipinski definition) is 3. The van der Waals surface area contributed by atoms with Gasteiger partial charge < -0.3 is 4.90 Å². The average molecular weight is 349 g/mol. The Hall–Kier alpha value is -1.11. The molecule has 0 aromatic carbocycles. The average Bonchev–Trinajstić information content (AvgIpc) is 2.61. The zero-order valence-corrected chi connectivity index (χ0v) is 12.0. The summed E-state index contributed by atoms with van der Waals surface area (Å²) in [5, 5.41) is 0. The quantitative estimate of drug-likeness (QED) is 0.777. The molecule has 3 nitrogen and oxygen atoms in total. The number of alkyl halides is 3. The molecule has 2 atom stereocenters. The predicted molar refractivity (Wildman–Crippen MR) is 70.5 cm³/mol. The van der Waals surface area contributed by atoms with Crippen molar-refractivity contribution < 1.29 is 18.0 Å². The van der Waals surface area contributed by atoms with E-state index in [1.165, 1.54) is 6.20 Å². The molecule has 3 rings (SSSR count). The standard InChI is InChI=1S/C13H12BrF3N2O/c14-7-3-11(13(15,16)17)12(18-6-7)19-8-1-2-9(19)5-10(20)4-8/h3,6,8-9H,1-2,4-5H2. The van der Waals surface area contributed by atoms with Crippen molar-refractivity contribution in [3.8, 4) is 0 Å². The van der Waals surface area contributed by atoms with E-state index in [1.807, 2.05) is 0 Å². The summed E-state index contributed by atoms with van der Waals surface area (Å²) >= 11 is 3.03. The van der Waals surface area contributed by atoms with E-state index in [0.717, 1.165) is 18.9 Å². The first-order valence-electron chi connectivity index (χ1n) is 6.39. The number of Topliss-reactive ketones (excluding diaryl/α,β-unsaturated/α-hetero) is 1. The zero-order valence-electron chi connectivity index (χ0n) is 10.5. The zero-order chi connectivity index (χ0) is 14.5. The number of pyridine rings is 1. The van der Waals surface area contributed by atoms with E-state index in [2.05, 4.69) is 20.9 Å². The van der Waals surface area contributed by atoms with Crippen LogP contribution in [0, 0.1) is 0 Å². The lowest BCUT2D eigenvalue weighted by atomic mass is 10.0. The van der Waals surface area contributed by atoms with Gasteiger partial charge in [0.15, 0.2) is 0 Å². The van der Waals surface area contributed by atoms with E-state index in [9.17, 15) is 18.0 Å². The van der Waals surface area contributed by atoms with Crippen LogP contribution in [0.5, 0.6) is 0 Å². The van der Waals surface area contributed by atoms with Gasteiger partial charge >= 0.3 is 6.18 Å². The molecular weight excluding hydrogens is 337 g/mol. The third-order valence-electron chi connectivity index (χ3n) is 3.93. The van der Waals surface area contributed by atoms with Crippen molar-refractivity contribution in [1.29, 1.82) is 0 Å². The van der Waals surface area contributed by atoms with Gasteiger partial charge in [0.05, 0.1) is 5.56 Å². The number of carbonyl (C=O) groups is 1. The van der Waals surface area contributed by atoms with Gasteiger partial charge in [-0.05, 0) is 34.8 Å². The fourth-order valence-electron chi connectivity index (χ4n) is 3.16. The van der Waals surface area contributed by atoms with Crippen LogP contribution in [0.25, 0.3) is 0 Å². The van der Waals surface area contributed by atoms with Crippen LogP contribution < -0.4 is 4.90 Å². The second kappa shape index (κ2) is 4.72. The first-order chi connectivity index (χ1) is 9.36. The van der Waals surface area contributed by atoms with Crippen LogP contribution >= 0.6 is 15.9 Å². The molecule has 0 N–H and O–H groups in total. The molecule has 1 aromatic rings. The normalized spacial score (nSPS) is 26.2. The number of anilines is 1. The van der Waals surface area contributed by atoms with Crippen molar-refractivity contribution in [2.75, 3.05) is 4.90 Å². The van der Waals surface area contributed by atoms with Crippen molar-refractivity contribution in [2.24, 2.45) is 0 Å². The molecule has 0 aliphatic carbocycles. The van der Waals surface area contributed by atoms with E-state index >= 15 is 0 Å². The van der Waals surface area contributed by atoms with Crippen molar-refractivity contribution in [3.63, 3.8) is 0 Å². The van der Waals surface area contributed by atoms with E-state index in [1.54, 1.807) is 4.90 Å². The largest absolute Gasteiger partial charge is 0.419 e. The van der Waals surface area contributed by atoms with E-state index in [4.69, 9.17) is 0 Å². The maximum Gasteiger partial charge on any atom is 0.419 e. The summed E-state index contributed by atoms with van der Waals surface area (Å²) in [5.74, 6) is 0.0973. The van der Waals surface area contributed by atoms with Gasteiger partial charge in [-0.1, -0.05) is 0 Å². The summed E-state index contributed by atoms with van der Waals surface area (Å²) in [5.41, 5.74) is -0.738. The number of aromatic nitrogens is 1. The minimum absolute atomic E-state index is 0.0410. The smallest absolute Gasteiger partial charge is 0.349 e. The van der Waals surface area contributed by atoms with E-state index in [-0.39, 0.29) is 23.7 Å². The van der Waals surface area contributed by atoms with Gasteiger partial charge in [-0.25, -0.2) is 4.98 Å². The molecule has 7 heteroatoms. The molecule has 2 saturated heterocycles. The van der Waals surface area contributed by atoms with E-state index < -0.39 is 11.7 Å². The number of ketones is 1. The van der Waals surface area contributed by atoms with Crippen LogP contribution in [-0.4, -0.2) is 22.9 Å². The summed E-state index contributed by atoms with van der Waals surface area (Å²) in [7, 11) is 0. The topological polar surface area (TPSA) is 33.2 Å². The summed E-state index contributed by atoms with van der Waals surface area (Å²) in [6.45, 7) is 0. The van der Waals surface area contributed by atoms with Crippen molar-refractivity contribution >= 4 is 27.5 Å². The molecule has 0 amide bonds. The number of halogens is 4. The molecule has 2 bridgehead atoms. The van der Waals surface area contributed by atoms with E-state index in [0.29, 0.717) is 17.3 Å². The summed E-state index contributed by atoms with van der Waals surface area (Å²) < 4.78 is 39.8. The molecule has 2 aliphatic heterocycles. The lowest BCUT2D eigenvalue weighted by Gasteiger charge is -2.36. The number of carbonyl (C=O) groups excluding carboxylic acids is 1. The number of nitrogens with zero attached hydrogens (tertiary/aromatic N) is 2. The Labute approximate surface area is 122 Å². The van der Waals surface area contributed by atoms with Crippen LogP contribution in [0.4, 0.5) is 19.0 Å². The molecule has 3 heterocycles. The maximum absolute atomic E-state index is 13.2. The Morgan fingerprint density at radius 2 is 1.85 bits per heavy atom. The molecule has 0 spiro atoms. The molecule has 1 aromatic heterocycles. The highest BCUT2D eigenvalue weighted by molar-refractivity contribution is 9.10. The first kappa shape index (κ1) is 13.9. The fraction of sp³-hybridized carbons (Fsp3) is 0.538. The molecule has 2 fully saturated rings. The van der Waals surface area contributed by atoms with Gasteiger partial charge in [0.1, 0.15) is 11.6 Å². The van der Waals surface area contributed by atoms with Crippen molar-refractivity contribution in [2.45, 2.75) is 43.9 Å². The first-order valence-corrected chi connectivity index (χ1v) is 7.18. The minimum atomic E-state index is -4.45. The number of piperidine rings is 1. The Bertz CT molecular complexity index is 545. The van der Waals surface area contributed by atoms with Crippen LogP contribution in [0.3, 0.4) is 0 Å². The second-order valence-corrected chi connectivity index (χ2v) is 6.18. The van der Waals surface area contributed by atoms with Crippen LogP contribution in [0.2, 0.25) is 0 Å². The highest BCUT2D eigenvalue weighted by Crippen LogP contribution is 2.43. The predicted octanol–water partition coefficient (Wildman–Crippen LogP) is 3.56. The van der Waals surface area contributed by atoms with Crippen LogP contribution in [0.1, 0.15) is 31.2 Å². The summed E-state index contributed by atoms with van der Waals surface area (Å²) in [4.78, 5) is 17.2. The molecule has 2 aliphatic rings. The minimum Gasteiger partial charge on any atom is -0.349 e. The van der Waals surface area contributed by atoms with Crippen LogP contribution in [-0.2, 0) is 11.0 Å². The molecule has 0 saturated carbocycles. The summed E-state index contributed by atoms with van der Waals surface area (Å²) in [6.07, 6.45) is -0.915. The lowest BCUT2D eigenvalue weighted by molar-refractivity contribution is -0.137. The molecule has 0 radical (unpaired) electrons. The van der Waals surface area contributed by atoms with Gasteiger partial charge in [-0.15, -0.1) is 0 Å². The van der Waals surface area contributed by atoms with Gasteiger partial charge in [0.25, 0.3) is 0 Å². The maximum atomic E-state index is 13.2. The highest BCUT2D eigenvalue weighted by Gasteiger charge is 2.45. The molecule has 2 unspecified atom stereocenters. The van der Waals surface area contributed by atoms with Crippen LogP contribution in [0.15, 0.2) is 16.7 Å². The van der Waals surface area contributed by atoms with Gasteiger partial charge in [-0.2, -0.15) is 13.2 Å². The lowest BCUT2D eigenvalue weighted by Crippen LogP contribution is -2.44. The second-order valence-electron chi connectivity index (χ2n) is 5.26.